The van der Waals surface area contributed by atoms with E-state index in [1.165, 1.54) is 6.33 Å². The first-order valence-electron chi connectivity index (χ1n) is 4.69. The summed E-state index contributed by atoms with van der Waals surface area (Å²) >= 11 is 0. The summed E-state index contributed by atoms with van der Waals surface area (Å²) in [5.41, 5.74) is 1.90. The maximum Gasteiger partial charge on any atom is 0.160 e. The molecule has 0 saturated carbocycles. The summed E-state index contributed by atoms with van der Waals surface area (Å²) < 4.78 is 0. The van der Waals surface area contributed by atoms with Crippen LogP contribution in [0.5, 0.6) is 0 Å². The van der Waals surface area contributed by atoms with Crippen molar-refractivity contribution in [2.45, 2.75) is 27.2 Å². The fraction of sp³-hybridized carbons (Fsp3) is 0.500. The van der Waals surface area contributed by atoms with Gasteiger partial charge < -0.3 is 4.98 Å². The van der Waals surface area contributed by atoms with Crippen LogP contribution in [0.4, 0.5) is 0 Å². The summed E-state index contributed by atoms with van der Waals surface area (Å²) in [6.45, 7) is 6.56. The van der Waals surface area contributed by atoms with E-state index in [4.69, 9.17) is 0 Å². The zero-order valence-electron chi connectivity index (χ0n) is 8.70. The largest absolute Gasteiger partial charge is 0.327 e. The van der Waals surface area contributed by atoms with Crippen LogP contribution in [-0.2, 0) is 6.42 Å². The summed E-state index contributed by atoms with van der Waals surface area (Å²) in [6, 6.07) is 0. The molecule has 2 heterocycles. The van der Waals surface area contributed by atoms with E-state index in [1.54, 1.807) is 6.20 Å². The number of fused-ring (bicyclic) bond motifs is 1. The van der Waals surface area contributed by atoms with Crippen LogP contribution >= 0.6 is 0 Å². The Hall–Kier alpha value is -1.45. The van der Waals surface area contributed by atoms with E-state index in [0.29, 0.717) is 0 Å². The van der Waals surface area contributed by atoms with Gasteiger partial charge in [-0.2, -0.15) is 0 Å². The highest BCUT2D eigenvalue weighted by atomic mass is 15.0. The van der Waals surface area contributed by atoms with Gasteiger partial charge in [-0.25, -0.2) is 15.0 Å². The number of H-pyrrole nitrogens is 1. The third-order valence-corrected chi connectivity index (χ3v) is 1.91. The van der Waals surface area contributed by atoms with Crippen LogP contribution in [-0.4, -0.2) is 19.9 Å². The molecule has 0 spiro atoms. The van der Waals surface area contributed by atoms with Gasteiger partial charge in [-0.3, -0.25) is 0 Å². The molecular weight excluding hydrogens is 176 g/mol. The fourth-order valence-corrected chi connectivity index (χ4v) is 1.40. The van der Waals surface area contributed by atoms with Gasteiger partial charge in [-0.15, -0.1) is 0 Å². The number of nitrogens with one attached hydrogen (secondary N) is 1. The Kier molecular flexibility index (Phi) is 1.98. The van der Waals surface area contributed by atoms with Crippen LogP contribution in [0.15, 0.2) is 12.5 Å². The third-order valence-electron chi connectivity index (χ3n) is 1.91. The summed E-state index contributed by atoms with van der Waals surface area (Å²) in [7, 11) is 0. The van der Waals surface area contributed by atoms with Crippen molar-refractivity contribution >= 4 is 11.2 Å². The van der Waals surface area contributed by atoms with Crippen LogP contribution in [0.25, 0.3) is 11.2 Å². The lowest BCUT2D eigenvalue weighted by Gasteiger charge is -2.15. The first kappa shape index (κ1) is 9.12. The third kappa shape index (κ3) is 1.89. The van der Waals surface area contributed by atoms with Gasteiger partial charge >= 0.3 is 0 Å². The van der Waals surface area contributed by atoms with Crippen molar-refractivity contribution in [3.8, 4) is 0 Å². The average molecular weight is 190 g/mol. The Morgan fingerprint density at radius 3 is 2.79 bits per heavy atom. The van der Waals surface area contributed by atoms with Crippen molar-refractivity contribution in [1.82, 2.24) is 19.9 Å². The normalized spacial score (nSPS) is 12.2. The van der Waals surface area contributed by atoms with Gasteiger partial charge in [0, 0.05) is 6.42 Å². The van der Waals surface area contributed by atoms with Gasteiger partial charge in [-0.05, 0) is 5.41 Å². The van der Waals surface area contributed by atoms with Crippen molar-refractivity contribution in [2.24, 2.45) is 5.41 Å². The zero-order valence-corrected chi connectivity index (χ0v) is 8.70. The van der Waals surface area contributed by atoms with Gasteiger partial charge in [0.05, 0.1) is 6.20 Å². The summed E-state index contributed by atoms with van der Waals surface area (Å²) in [6.07, 6.45) is 4.18. The van der Waals surface area contributed by atoms with E-state index in [2.05, 4.69) is 40.7 Å². The van der Waals surface area contributed by atoms with E-state index < -0.39 is 0 Å². The Balaban J connectivity index is 2.36. The molecule has 4 heteroatoms. The molecule has 2 aromatic rings. The van der Waals surface area contributed by atoms with Gasteiger partial charge in [-0.1, -0.05) is 20.8 Å². The molecule has 0 aromatic carbocycles. The first-order valence-corrected chi connectivity index (χ1v) is 4.69. The molecule has 0 bridgehead atoms. The molecule has 1 N–H and O–H groups in total. The summed E-state index contributed by atoms with van der Waals surface area (Å²) in [5, 5.41) is 0. The SMILES string of the molecule is CC(C)(C)Cc1nc2cncnc2[nH]1. The first-order chi connectivity index (χ1) is 6.54. The Morgan fingerprint density at radius 2 is 2.14 bits per heavy atom. The van der Waals surface area contributed by atoms with Gasteiger partial charge in [0.25, 0.3) is 0 Å². The second kappa shape index (κ2) is 3.04. The summed E-state index contributed by atoms with van der Waals surface area (Å²) in [5.74, 6) is 0.980. The Bertz CT molecular complexity index is 406. The molecule has 0 radical (unpaired) electrons. The van der Waals surface area contributed by atoms with Crippen LogP contribution in [0.1, 0.15) is 26.6 Å². The maximum absolute atomic E-state index is 4.42. The molecular formula is C10H14N4. The second-order valence-corrected chi connectivity index (χ2v) is 4.68. The predicted octanol–water partition coefficient (Wildman–Crippen LogP) is 1.94. The van der Waals surface area contributed by atoms with Crippen LogP contribution in [0.2, 0.25) is 0 Å². The topological polar surface area (TPSA) is 54.5 Å². The predicted molar refractivity (Wildman–Crippen MR) is 54.8 cm³/mol. The number of imidazole rings is 1. The molecule has 0 aliphatic heterocycles. The number of nitrogens with zero attached hydrogens (tertiary/aromatic N) is 3. The molecule has 0 fully saturated rings. The molecule has 0 saturated heterocycles. The smallest absolute Gasteiger partial charge is 0.160 e. The number of hydrogen-bond acceptors (Lipinski definition) is 3. The fourth-order valence-electron chi connectivity index (χ4n) is 1.40. The highest BCUT2D eigenvalue weighted by Gasteiger charge is 2.14. The Labute approximate surface area is 82.8 Å². The van der Waals surface area contributed by atoms with Crippen molar-refractivity contribution in [2.75, 3.05) is 0 Å². The molecule has 4 nitrogen and oxygen atoms in total. The molecule has 0 unspecified atom stereocenters. The van der Waals surface area contributed by atoms with E-state index in [-0.39, 0.29) is 5.41 Å². The minimum absolute atomic E-state index is 0.237. The van der Waals surface area contributed by atoms with Crippen LogP contribution in [0, 0.1) is 5.41 Å². The molecule has 2 aromatic heterocycles. The minimum Gasteiger partial charge on any atom is -0.327 e. The van der Waals surface area contributed by atoms with Gasteiger partial charge in [0.2, 0.25) is 0 Å². The quantitative estimate of drug-likeness (QED) is 0.747. The molecule has 0 aliphatic rings. The van der Waals surface area contributed by atoms with Crippen LogP contribution in [0.3, 0.4) is 0 Å². The van der Waals surface area contributed by atoms with E-state index in [9.17, 15) is 0 Å². The monoisotopic (exact) mass is 190 g/mol. The number of hydrogen-bond donors (Lipinski definition) is 1. The molecule has 0 atom stereocenters. The zero-order chi connectivity index (χ0) is 10.2. The lowest BCUT2D eigenvalue weighted by molar-refractivity contribution is 0.402. The van der Waals surface area contributed by atoms with Crippen molar-refractivity contribution in [1.29, 1.82) is 0 Å². The molecule has 2 rings (SSSR count). The van der Waals surface area contributed by atoms with Gasteiger partial charge in [0.1, 0.15) is 17.7 Å². The van der Waals surface area contributed by atoms with E-state index >= 15 is 0 Å². The second-order valence-electron chi connectivity index (χ2n) is 4.68. The maximum atomic E-state index is 4.42. The van der Waals surface area contributed by atoms with Crippen molar-refractivity contribution in [3.63, 3.8) is 0 Å². The lowest BCUT2D eigenvalue weighted by atomic mass is 9.92. The standard InChI is InChI=1S/C10H14N4/c1-10(2,3)4-8-13-7-5-11-6-12-9(7)14-8/h5-6H,4H2,1-3H3,(H,11,12,13,14). The van der Waals surface area contributed by atoms with E-state index in [0.717, 1.165) is 23.4 Å². The van der Waals surface area contributed by atoms with Crippen molar-refractivity contribution in [3.05, 3.63) is 18.3 Å². The number of aromatic amines is 1. The number of rotatable bonds is 1. The molecule has 14 heavy (non-hydrogen) atoms. The summed E-state index contributed by atoms with van der Waals surface area (Å²) in [4.78, 5) is 15.6. The minimum atomic E-state index is 0.237. The average Bonchev–Trinajstić information content (AvgIpc) is 2.42. The van der Waals surface area contributed by atoms with Gasteiger partial charge in [0.15, 0.2) is 5.65 Å². The number of aromatic nitrogens is 4. The van der Waals surface area contributed by atoms with E-state index in [1.807, 2.05) is 0 Å². The van der Waals surface area contributed by atoms with Crippen LogP contribution < -0.4 is 0 Å². The highest BCUT2D eigenvalue weighted by Crippen LogP contribution is 2.19. The highest BCUT2D eigenvalue weighted by molar-refractivity contribution is 5.68. The molecule has 74 valence electrons. The van der Waals surface area contributed by atoms with Crippen molar-refractivity contribution < 1.29 is 0 Å². The Morgan fingerprint density at radius 1 is 1.36 bits per heavy atom. The molecule has 0 amide bonds. The lowest BCUT2D eigenvalue weighted by Crippen LogP contribution is -2.10. The molecule has 0 aliphatic carbocycles.